The number of carboxylic acids is 1. The molecule has 0 bridgehead atoms. The first-order valence-corrected chi connectivity index (χ1v) is 7.94. The van der Waals surface area contributed by atoms with E-state index in [1.54, 1.807) is 0 Å². The standard InChI is InChI=1S/C19H21NO3/c1-2-18(19(21)22)20-12-23-11-17-15-9-5-3-7-13(15)14-8-4-6-10-16(14)17/h3-10,17-18,20H,2,11-12H2,1H3,(H,21,22)/t18-/m0/s1. The van der Waals surface area contributed by atoms with Gasteiger partial charge in [0.25, 0.3) is 0 Å². The first-order chi connectivity index (χ1) is 11.2. The molecule has 1 atom stereocenters. The van der Waals surface area contributed by atoms with Gasteiger partial charge in [-0.25, -0.2) is 0 Å². The summed E-state index contributed by atoms with van der Waals surface area (Å²) in [7, 11) is 0. The average molecular weight is 311 g/mol. The van der Waals surface area contributed by atoms with Crippen molar-refractivity contribution in [3.63, 3.8) is 0 Å². The number of hydrogen-bond donors (Lipinski definition) is 2. The maximum Gasteiger partial charge on any atom is 0.320 e. The van der Waals surface area contributed by atoms with E-state index in [1.165, 1.54) is 22.3 Å². The lowest BCUT2D eigenvalue weighted by molar-refractivity contribution is -0.140. The fourth-order valence-electron chi connectivity index (χ4n) is 3.18. The molecule has 0 amide bonds. The second kappa shape index (κ2) is 6.94. The van der Waals surface area contributed by atoms with Crippen molar-refractivity contribution in [1.82, 2.24) is 5.32 Å². The van der Waals surface area contributed by atoms with Crippen LogP contribution >= 0.6 is 0 Å². The number of carbonyl (C=O) groups is 1. The van der Waals surface area contributed by atoms with Crippen LogP contribution < -0.4 is 5.32 Å². The van der Waals surface area contributed by atoms with Gasteiger partial charge in [0.15, 0.2) is 0 Å². The van der Waals surface area contributed by atoms with Gasteiger partial charge in [0.2, 0.25) is 0 Å². The van der Waals surface area contributed by atoms with Crippen molar-refractivity contribution < 1.29 is 14.6 Å². The van der Waals surface area contributed by atoms with Crippen molar-refractivity contribution in [2.45, 2.75) is 25.3 Å². The third kappa shape index (κ3) is 3.14. The minimum Gasteiger partial charge on any atom is -0.480 e. The van der Waals surface area contributed by atoms with Gasteiger partial charge < -0.3 is 9.84 Å². The van der Waals surface area contributed by atoms with E-state index in [-0.39, 0.29) is 12.6 Å². The fraction of sp³-hybridized carbons (Fsp3) is 0.316. The Morgan fingerprint density at radius 1 is 1.13 bits per heavy atom. The molecule has 2 aromatic carbocycles. The Balaban J connectivity index is 1.68. The Labute approximate surface area is 136 Å². The van der Waals surface area contributed by atoms with Crippen molar-refractivity contribution in [3.05, 3.63) is 59.7 Å². The smallest absolute Gasteiger partial charge is 0.320 e. The van der Waals surface area contributed by atoms with Crippen molar-refractivity contribution in [1.29, 1.82) is 0 Å². The summed E-state index contributed by atoms with van der Waals surface area (Å²) in [5.74, 6) is -0.637. The van der Waals surface area contributed by atoms with Crippen molar-refractivity contribution in [3.8, 4) is 11.1 Å². The molecule has 0 radical (unpaired) electrons. The van der Waals surface area contributed by atoms with Gasteiger partial charge >= 0.3 is 5.97 Å². The van der Waals surface area contributed by atoms with E-state index in [0.29, 0.717) is 13.0 Å². The molecule has 120 valence electrons. The molecule has 0 saturated heterocycles. The first kappa shape index (κ1) is 15.7. The van der Waals surface area contributed by atoms with Gasteiger partial charge in [-0.3, -0.25) is 10.1 Å². The second-order valence-corrected chi connectivity index (χ2v) is 5.75. The van der Waals surface area contributed by atoms with Crippen molar-refractivity contribution >= 4 is 5.97 Å². The molecule has 0 unspecified atom stereocenters. The topological polar surface area (TPSA) is 58.6 Å². The Hall–Kier alpha value is -2.17. The molecule has 1 aliphatic carbocycles. The number of benzene rings is 2. The van der Waals surface area contributed by atoms with Crippen LogP contribution in [0.2, 0.25) is 0 Å². The van der Waals surface area contributed by atoms with Gasteiger partial charge in [-0.2, -0.15) is 0 Å². The molecule has 0 spiro atoms. The van der Waals surface area contributed by atoms with Crippen LogP contribution in [0.5, 0.6) is 0 Å². The average Bonchev–Trinajstić information content (AvgIpc) is 2.89. The number of ether oxygens (including phenoxy) is 1. The van der Waals surface area contributed by atoms with Crippen molar-refractivity contribution in [2.75, 3.05) is 13.3 Å². The van der Waals surface area contributed by atoms with Gasteiger partial charge in [0.1, 0.15) is 6.04 Å². The zero-order valence-corrected chi connectivity index (χ0v) is 13.2. The molecule has 4 heteroatoms. The molecule has 2 aromatic rings. The van der Waals surface area contributed by atoms with Gasteiger partial charge in [-0.05, 0) is 28.7 Å². The van der Waals surface area contributed by atoms with Gasteiger partial charge in [-0.1, -0.05) is 55.5 Å². The molecule has 3 rings (SSSR count). The molecule has 1 aliphatic rings. The van der Waals surface area contributed by atoms with Crippen LogP contribution in [-0.2, 0) is 9.53 Å². The Bertz CT molecular complexity index is 653. The molecule has 0 aliphatic heterocycles. The number of carboxylic acid groups (broad SMARTS) is 1. The number of rotatable bonds is 7. The number of nitrogens with one attached hydrogen (secondary N) is 1. The van der Waals surface area contributed by atoms with Crippen LogP contribution in [0, 0.1) is 0 Å². The highest BCUT2D eigenvalue weighted by Gasteiger charge is 2.28. The molecule has 0 heterocycles. The highest BCUT2D eigenvalue weighted by molar-refractivity contribution is 5.78. The zero-order chi connectivity index (χ0) is 16.2. The van der Waals surface area contributed by atoms with E-state index in [9.17, 15) is 4.79 Å². The molecule has 4 nitrogen and oxygen atoms in total. The maximum absolute atomic E-state index is 11.0. The third-order valence-corrected chi connectivity index (χ3v) is 4.39. The van der Waals surface area contributed by atoms with E-state index < -0.39 is 12.0 Å². The monoisotopic (exact) mass is 311 g/mol. The summed E-state index contributed by atoms with van der Waals surface area (Å²) >= 11 is 0. The predicted octanol–water partition coefficient (Wildman–Crippen LogP) is 3.23. The van der Waals surface area contributed by atoms with E-state index >= 15 is 0 Å². The predicted molar refractivity (Wildman–Crippen MR) is 89.4 cm³/mol. The number of hydrogen-bond acceptors (Lipinski definition) is 3. The first-order valence-electron chi connectivity index (χ1n) is 7.94. The fourth-order valence-corrected chi connectivity index (χ4v) is 3.18. The Morgan fingerprint density at radius 2 is 1.70 bits per heavy atom. The van der Waals surface area contributed by atoms with Gasteiger partial charge in [0, 0.05) is 5.92 Å². The van der Waals surface area contributed by atoms with E-state index in [1.807, 2.05) is 19.1 Å². The summed E-state index contributed by atoms with van der Waals surface area (Å²) in [5, 5.41) is 11.9. The van der Waals surface area contributed by atoms with E-state index in [2.05, 4.69) is 41.7 Å². The molecule has 0 saturated carbocycles. The van der Waals surface area contributed by atoms with Crippen LogP contribution in [0.1, 0.15) is 30.4 Å². The van der Waals surface area contributed by atoms with E-state index in [0.717, 1.165) is 0 Å². The summed E-state index contributed by atoms with van der Waals surface area (Å²) in [6.45, 7) is 2.62. The summed E-state index contributed by atoms with van der Waals surface area (Å²) in [5.41, 5.74) is 5.08. The van der Waals surface area contributed by atoms with Crippen LogP contribution in [-0.4, -0.2) is 30.5 Å². The minimum atomic E-state index is -0.840. The van der Waals surface area contributed by atoms with Crippen LogP contribution in [0.15, 0.2) is 48.5 Å². The Kier molecular flexibility index (Phi) is 4.74. The normalized spacial score (nSPS) is 14.3. The van der Waals surface area contributed by atoms with Crippen LogP contribution in [0.4, 0.5) is 0 Å². The molecular weight excluding hydrogens is 290 g/mol. The molecule has 0 aromatic heterocycles. The molecule has 2 N–H and O–H groups in total. The molecular formula is C19H21NO3. The quantitative estimate of drug-likeness (QED) is 0.609. The summed E-state index contributed by atoms with van der Waals surface area (Å²) < 4.78 is 5.74. The lowest BCUT2D eigenvalue weighted by Gasteiger charge is -2.16. The highest BCUT2D eigenvalue weighted by Crippen LogP contribution is 2.44. The third-order valence-electron chi connectivity index (χ3n) is 4.39. The van der Waals surface area contributed by atoms with Crippen molar-refractivity contribution in [2.24, 2.45) is 0 Å². The Morgan fingerprint density at radius 3 is 2.22 bits per heavy atom. The summed E-state index contributed by atoms with van der Waals surface area (Å²) in [4.78, 5) is 11.0. The molecule has 23 heavy (non-hydrogen) atoms. The number of fused-ring (bicyclic) bond motifs is 3. The van der Waals surface area contributed by atoms with E-state index in [4.69, 9.17) is 9.84 Å². The lowest BCUT2D eigenvalue weighted by atomic mass is 9.98. The second-order valence-electron chi connectivity index (χ2n) is 5.75. The van der Waals surface area contributed by atoms with Crippen LogP contribution in [0.3, 0.4) is 0 Å². The minimum absolute atomic E-state index is 0.203. The van der Waals surface area contributed by atoms with Gasteiger partial charge in [-0.15, -0.1) is 0 Å². The highest BCUT2D eigenvalue weighted by atomic mass is 16.5. The van der Waals surface area contributed by atoms with Gasteiger partial charge in [0.05, 0.1) is 13.3 Å². The SMILES string of the molecule is CC[C@H](NCOCC1c2ccccc2-c2ccccc21)C(=O)O. The number of aliphatic carboxylic acids is 1. The maximum atomic E-state index is 11.0. The summed E-state index contributed by atoms with van der Waals surface area (Å²) in [6.07, 6.45) is 0.536. The largest absolute Gasteiger partial charge is 0.480 e. The summed E-state index contributed by atoms with van der Waals surface area (Å²) in [6, 6.07) is 16.2. The zero-order valence-electron chi connectivity index (χ0n) is 13.2. The lowest BCUT2D eigenvalue weighted by Crippen LogP contribution is -2.37. The molecule has 0 fully saturated rings. The van der Waals surface area contributed by atoms with Crippen LogP contribution in [0.25, 0.3) is 11.1 Å².